The maximum absolute atomic E-state index is 10.0. The van der Waals surface area contributed by atoms with E-state index in [4.69, 9.17) is 5.26 Å². The number of hydrogen-bond donors (Lipinski definition) is 2. The summed E-state index contributed by atoms with van der Waals surface area (Å²) < 4.78 is 0. The van der Waals surface area contributed by atoms with Crippen LogP contribution in [0.1, 0.15) is 23.7 Å². The predicted molar refractivity (Wildman–Crippen MR) is 75.7 cm³/mol. The summed E-state index contributed by atoms with van der Waals surface area (Å²) in [7, 11) is 0. The first-order valence-electron chi connectivity index (χ1n) is 6.27. The molecule has 0 bridgehead atoms. The van der Waals surface area contributed by atoms with Gasteiger partial charge in [0.15, 0.2) is 0 Å². The molecule has 0 aromatic heterocycles. The molecule has 2 aromatic rings. The molecule has 1 unspecified atom stereocenters. The molecule has 0 heterocycles. The summed E-state index contributed by atoms with van der Waals surface area (Å²) in [4.78, 5) is 0. The molecule has 0 aliphatic carbocycles. The predicted octanol–water partition coefficient (Wildman–Crippen LogP) is 3.09. The molecule has 0 fully saturated rings. The number of aliphatic hydroxyl groups excluding tert-OH is 1. The molecule has 3 nitrogen and oxygen atoms in total. The van der Waals surface area contributed by atoms with Crippen LogP contribution in [0.5, 0.6) is 0 Å². The van der Waals surface area contributed by atoms with Gasteiger partial charge < -0.3 is 10.4 Å². The van der Waals surface area contributed by atoms with Crippen molar-refractivity contribution < 1.29 is 5.11 Å². The average Bonchev–Trinajstić information content (AvgIpc) is 2.48. The number of hydrogen-bond acceptors (Lipinski definition) is 3. The Balaban J connectivity index is 1.89. The maximum Gasteiger partial charge on any atom is 0.101 e. The van der Waals surface area contributed by atoms with Crippen molar-refractivity contribution in [3.05, 3.63) is 65.7 Å². The number of benzene rings is 2. The molecule has 19 heavy (non-hydrogen) atoms. The van der Waals surface area contributed by atoms with E-state index in [1.807, 2.05) is 48.5 Å². The Morgan fingerprint density at radius 1 is 1.05 bits per heavy atom. The van der Waals surface area contributed by atoms with Gasteiger partial charge in [-0.1, -0.05) is 42.5 Å². The quantitative estimate of drug-likeness (QED) is 0.859. The molecule has 0 saturated carbocycles. The molecule has 0 aliphatic heterocycles. The maximum atomic E-state index is 10.0. The molecular weight excluding hydrogens is 236 g/mol. The molecule has 0 aliphatic rings. The lowest BCUT2D eigenvalue weighted by Gasteiger charge is -2.12. The molecule has 0 saturated heterocycles. The van der Waals surface area contributed by atoms with Crippen LogP contribution in [0.2, 0.25) is 0 Å². The number of anilines is 1. The van der Waals surface area contributed by atoms with Gasteiger partial charge in [-0.3, -0.25) is 0 Å². The molecule has 3 heteroatoms. The fourth-order valence-electron chi connectivity index (χ4n) is 1.92. The van der Waals surface area contributed by atoms with Gasteiger partial charge in [0.05, 0.1) is 17.4 Å². The van der Waals surface area contributed by atoms with Crippen molar-refractivity contribution in [2.24, 2.45) is 0 Å². The van der Waals surface area contributed by atoms with Gasteiger partial charge in [-0.15, -0.1) is 0 Å². The summed E-state index contributed by atoms with van der Waals surface area (Å²) in [6.07, 6.45) is 0.118. The van der Waals surface area contributed by atoms with E-state index in [0.717, 1.165) is 11.3 Å². The van der Waals surface area contributed by atoms with Crippen molar-refractivity contribution in [1.29, 1.82) is 5.26 Å². The van der Waals surface area contributed by atoms with Crippen molar-refractivity contribution in [2.45, 2.75) is 12.5 Å². The second-order valence-corrected chi connectivity index (χ2v) is 4.30. The summed E-state index contributed by atoms with van der Waals surface area (Å²) >= 11 is 0. The van der Waals surface area contributed by atoms with E-state index in [1.54, 1.807) is 6.07 Å². The molecule has 0 spiro atoms. The smallest absolute Gasteiger partial charge is 0.101 e. The third-order valence-corrected chi connectivity index (χ3v) is 2.97. The lowest BCUT2D eigenvalue weighted by atomic mass is 10.1. The lowest BCUT2D eigenvalue weighted by molar-refractivity contribution is 0.171. The van der Waals surface area contributed by atoms with Crippen molar-refractivity contribution in [2.75, 3.05) is 11.9 Å². The molecular formula is C16H16N2O. The lowest BCUT2D eigenvalue weighted by Crippen LogP contribution is -2.08. The zero-order chi connectivity index (χ0) is 13.5. The Morgan fingerprint density at radius 2 is 1.74 bits per heavy atom. The molecule has 2 rings (SSSR count). The Kier molecular flexibility index (Phi) is 4.54. The van der Waals surface area contributed by atoms with Crippen molar-refractivity contribution in [3.8, 4) is 6.07 Å². The van der Waals surface area contributed by atoms with Crippen molar-refractivity contribution in [3.63, 3.8) is 0 Å². The summed E-state index contributed by atoms with van der Waals surface area (Å²) in [5.41, 5.74) is 2.35. The highest BCUT2D eigenvalue weighted by Gasteiger charge is 2.06. The molecule has 0 radical (unpaired) electrons. The number of nitriles is 1. The van der Waals surface area contributed by atoms with Crippen LogP contribution in [-0.4, -0.2) is 11.7 Å². The van der Waals surface area contributed by atoms with E-state index in [-0.39, 0.29) is 0 Å². The number of nitrogens with one attached hydrogen (secondary N) is 1. The largest absolute Gasteiger partial charge is 0.388 e. The average molecular weight is 252 g/mol. The van der Waals surface area contributed by atoms with Gasteiger partial charge in [-0.2, -0.15) is 5.26 Å². The molecule has 2 N–H and O–H groups in total. The van der Waals surface area contributed by atoms with Crippen LogP contribution in [0, 0.1) is 11.3 Å². The van der Waals surface area contributed by atoms with Crippen LogP contribution in [0.15, 0.2) is 54.6 Å². The van der Waals surface area contributed by atoms with E-state index in [1.165, 1.54) is 0 Å². The third-order valence-electron chi connectivity index (χ3n) is 2.97. The summed E-state index contributed by atoms with van der Waals surface area (Å²) in [5, 5.41) is 22.2. The van der Waals surface area contributed by atoms with Crippen LogP contribution in [0.4, 0.5) is 5.69 Å². The number of rotatable bonds is 5. The zero-order valence-electron chi connectivity index (χ0n) is 10.6. The Bertz CT molecular complexity index is 560. The van der Waals surface area contributed by atoms with Gasteiger partial charge in [-0.25, -0.2) is 0 Å². The highest BCUT2D eigenvalue weighted by Crippen LogP contribution is 2.17. The van der Waals surface area contributed by atoms with E-state index < -0.39 is 6.10 Å². The van der Waals surface area contributed by atoms with Crippen molar-refractivity contribution >= 4 is 5.69 Å². The number of aliphatic hydroxyl groups is 1. The van der Waals surface area contributed by atoms with Crippen LogP contribution in [-0.2, 0) is 0 Å². The minimum absolute atomic E-state index is 0.483. The Labute approximate surface area is 113 Å². The molecule has 96 valence electrons. The van der Waals surface area contributed by atoms with Crippen LogP contribution < -0.4 is 5.32 Å². The highest BCUT2D eigenvalue weighted by molar-refractivity contribution is 5.57. The van der Waals surface area contributed by atoms with Gasteiger partial charge in [0.25, 0.3) is 0 Å². The Hall–Kier alpha value is -2.31. The van der Waals surface area contributed by atoms with E-state index in [9.17, 15) is 5.11 Å². The first kappa shape index (κ1) is 13.1. The SMILES string of the molecule is N#Cc1ccccc1NCCC(O)c1ccccc1. The zero-order valence-corrected chi connectivity index (χ0v) is 10.6. The highest BCUT2D eigenvalue weighted by atomic mass is 16.3. The first-order chi connectivity index (χ1) is 9.31. The van der Waals surface area contributed by atoms with Crippen LogP contribution >= 0.6 is 0 Å². The monoisotopic (exact) mass is 252 g/mol. The standard InChI is InChI=1S/C16H16N2O/c17-12-14-8-4-5-9-15(14)18-11-10-16(19)13-6-2-1-3-7-13/h1-9,16,18-19H,10-11H2. The molecule has 1 atom stereocenters. The van der Waals surface area contributed by atoms with Gasteiger partial charge in [0, 0.05) is 6.54 Å². The van der Waals surface area contributed by atoms with Gasteiger partial charge >= 0.3 is 0 Å². The van der Waals surface area contributed by atoms with Gasteiger partial charge in [0.1, 0.15) is 6.07 Å². The summed E-state index contributed by atoms with van der Waals surface area (Å²) in [5.74, 6) is 0. The minimum Gasteiger partial charge on any atom is -0.388 e. The number of para-hydroxylation sites is 1. The van der Waals surface area contributed by atoms with Crippen LogP contribution in [0.25, 0.3) is 0 Å². The fourth-order valence-corrected chi connectivity index (χ4v) is 1.92. The molecule has 0 amide bonds. The summed E-state index contributed by atoms with van der Waals surface area (Å²) in [6.45, 7) is 0.620. The first-order valence-corrected chi connectivity index (χ1v) is 6.27. The topological polar surface area (TPSA) is 56.0 Å². The Morgan fingerprint density at radius 3 is 2.47 bits per heavy atom. The van der Waals surface area contributed by atoms with Gasteiger partial charge in [0.2, 0.25) is 0 Å². The van der Waals surface area contributed by atoms with Crippen molar-refractivity contribution in [1.82, 2.24) is 0 Å². The van der Waals surface area contributed by atoms with Gasteiger partial charge in [-0.05, 0) is 24.1 Å². The van der Waals surface area contributed by atoms with Crippen LogP contribution in [0.3, 0.4) is 0 Å². The normalized spacial score (nSPS) is 11.6. The molecule has 2 aromatic carbocycles. The second kappa shape index (κ2) is 6.58. The third kappa shape index (κ3) is 3.57. The number of nitrogens with zero attached hydrogens (tertiary/aromatic N) is 1. The van der Waals surface area contributed by atoms with E-state index >= 15 is 0 Å². The van der Waals surface area contributed by atoms with E-state index in [0.29, 0.717) is 18.5 Å². The fraction of sp³-hybridized carbons (Fsp3) is 0.188. The summed E-state index contributed by atoms with van der Waals surface area (Å²) in [6, 6.07) is 19.1. The second-order valence-electron chi connectivity index (χ2n) is 4.30. The minimum atomic E-state index is -0.483. The van der Waals surface area contributed by atoms with E-state index in [2.05, 4.69) is 11.4 Å².